The molecule has 2 fully saturated rings. The van der Waals surface area contributed by atoms with Crippen LogP contribution in [0, 0.1) is 0 Å². The Morgan fingerprint density at radius 2 is 2.12 bits per heavy atom. The molecule has 3 rings (SSSR count). The average molecular weight is 347 g/mol. The van der Waals surface area contributed by atoms with Gasteiger partial charge in [-0.3, -0.25) is 4.79 Å². The summed E-state index contributed by atoms with van der Waals surface area (Å²) in [6, 6.07) is 4.06. The van der Waals surface area contributed by atoms with Crippen molar-refractivity contribution < 1.29 is 14.3 Å². The van der Waals surface area contributed by atoms with E-state index in [0.29, 0.717) is 13.0 Å². The second-order valence-corrected chi connectivity index (χ2v) is 7.14. The third-order valence-corrected chi connectivity index (χ3v) is 4.76. The number of nitrogens with zero attached hydrogens (tertiary/aromatic N) is 2. The van der Waals surface area contributed by atoms with Crippen LogP contribution in [0.3, 0.4) is 0 Å². The molecule has 1 N–H and O–H groups in total. The van der Waals surface area contributed by atoms with E-state index in [9.17, 15) is 4.79 Å². The monoisotopic (exact) mass is 347 g/mol. The van der Waals surface area contributed by atoms with Crippen molar-refractivity contribution in [2.75, 3.05) is 24.6 Å². The molecule has 0 bridgehead atoms. The first kappa shape index (κ1) is 18.1. The molecule has 1 aromatic heterocycles. The van der Waals surface area contributed by atoms with Gasteiger partial charge in [-0.2, -0.15) is 0 Å². The highest BCUT2D eigenvalue weighted by Crippen LogP contribution is 2.19. The van der Waals surface area contributed by atoms with E-state index in [1.165, 1.54) is 0 Å². The lowest BCUT2D eigenvalue weighted by atomic mass is 10.1. The molecule has 2 aliphatic heterocycles. The number of hydrogen-bond acceptors (Lipinski definition) is 5. The molecule has 1 aromatic rings. The molecule has 0 aliphatic carbocycles. The molecular formula is C19H29N3O3. The Kier molecular flexibility index (Phi) is 6.26. The van der Waals surface area contributed by atoms with Crippen LogP contribution in [0.15, 0.2) is 18.3 Å². The summed E-state index contributed by atoms with van der Waals surface area (Å²) >= 11 is 0. The molecule has 25 heavy (non-hydrogen) atoms. The lowest BCUT2D eigenvalue weighted by Crippen LogP contribution is -2.45. The lowest BCUT2D eigenvalue weighted by molar-refractivity contribution is -0.121. The van der Waals surface area contributed by atoms with E-state index in [1.54, 1.807) is 0 Å². The smallest absolute Gasteiger partial charge is 0.220 e. The molecule has 2 saturated heterocycles. The summed E-state index contributed by atoms with van der Waals surface area (Å²) in [5, 5.41) is 2.97. The summed E-state index contributed by atoms with van der Waals surface area (Å²) in [5.41, 5.74) is 1.02. The third-order valence-electron chi connectivity index (χ3n) is 4.76. The van der Waals surface area contributed by atoms with E-state index in [1.807, 2.05) is 18.3 Å². The summed E-state index contributed by atoms with van der Waals surface area (Å²) < 4.78 is 11.3. The topological polar surface area (TPSA) is 63.7 Å². The van der Waals surface area contributed by atoms with Crippen LogP contribution in [0.2, 0.25) is 0 Å². The molecule has 0 radical (unpaired) electrons. The van der Waals surface area contributed by atoms with Crippen molar-refractivity contribution in [3.05, 3.63) is 23.9 Å². The molecule has 0 spiro atoms. The van der Waals surface area contributed by atoms with Gasteiger partial charge in [0.2, 0.25) is 5.91 Å². The van der Waals surface area contributed by atoms with Gasteiger partial charge in [0.05, 0.1) is 18.3 Å². The normalized spacial score (nSPS) is 26.6. The highest BCUT2D eigenvalue weighted by atomic mass is 16.5. The molecule has 0 saturated carbocycles. The van der Waals surface area contributed by atoms with Crippen LogP contribution in [-0.4, -0.2) is 48.9 Å². The summed E-state index contributed by atoms with van der Waals surface area (Å²) in [5.74, 6) is 1.05. The fourth-order valence-electron chi connectivity index (χ4n) is 3.53. The van der Waals surface area contributed by atoms with E-state index in [4.69, 9.17) is 9.47 Å². The Balaban J connectivity index is 1.43. The molecule has 2 aliphatic rings. The molecule has 138 valence electrons. The van der Waals surface area contributed by atoms with Crippen molar-refractivity contribution in [2.24, 2.45) is 0 Å². The number of aromatic nitrogens is 1. The largest absolute Gasteiger partial charge is 0.378 e. The lowest BCUT2D eigenvalue weighted by Gasteiger charge is -2.36. The molecule has 6 nitrogen and oxygen atoms in total. The van der Waals surface area contributed by atoms with Gasteiger partial charge in [-0.15, -0.1) is 0 Å². The van der Waals surface area contributed by atoms with Gasteiger partial charge in [0.1, 0.15) is 5.82 Å². The molecule has 3 heterocycles. The zero-order valence-electron chi connectivity index (χ0n) is 15.2. The Hall–Kier alpha value is -1.66. The van der Waals surface area contributed by atoms with Gasteiger partial charge >= 0.3 is 0 Å². The maximum Gasteiger partial charge on any atom is 0.220 e. The molecule has 1 amide bonds. The minimum Gasteiger partial charge on any atom is -0.378 e. The predicted molar refractivity (Wildman–Crippen MR) is 96.5 cm³/mol. The number of carbonyl (C=O) groups is 1. The zero-order chi connectivity index (χ0) is 17.6. The maximum absolute atomic E-state index is 12.0. The molecule has 6 heteroatoms. The fraction of sp³-hybridized carbons (Fsp3) is 0.684. The molecular weight excluding hydrogens is 318 g/mol. The number of hydrogen-bond donors (Lipinski definition) is 1. The predicted octanol–water partition coefficient (Wildman–Crippen LogP) is 2.27. The number of amides is 1. The van der Waals surface area contributed by atoms with Crippen LogP contribution in [0.1, 0.15) is 45.1 Å². The van der Waals surface area contributed by atoms with Crippen LogP contribution in [-0.2, 0) is 20.8 Å². The number of pyridine rings is 1. The second-order valence-electron chi connectivity index (χ2n) is 7.14. The summed E-state index contributed by atoms with van der Waals surface area (Å²) in [6.07, 6.45) is 6.09. The number of ether oxygens (including phenoxy) is 2. The Morgan fingerprint density at radius 3 is 2.76 bits per heavy atom. The van der Waals surface area contributed by atoms with Crippen LogP contribution in [0.4, 0.5) is 5.82 Å². The Labute approximate surface area is 149 Å². The van der Waals surface area contributed by atoms with Crippen molar-refractivity contribution in [3.8, 4) is 0 Å². The highest BCUT2D eigenvalue weighted by molar-refractivity contribution is 5.75. The zero-order valence-corrected chi connectivity index (χ0v) is 15.2. The van der Waals surface area contributed by atoms with Gasteiger partial charge in [0.25, 0.3) is 0 Å². The Bertz CT molecular complexity index is 548. The van der Waals surface area contributed by atoms with Gasteiger partial charge in [0, 0.05) is 38.9 Å². The van der Waals surface area contributed by atoms with Crippen molar-refractivity contribution in [3.63, 3.8) is 0 Å². The van der Waals surface area contributed by atoms with Crippen LogP contribution in [0.25, 0.3) is 0 Å². The summed E-state index contributed by atoms with van der Waals surface area (Å²) in [7, 11) is 0. The van der Waals surface area contributed by atoms with E-state index in [2.05, 4.69) is 29.0 Å². The second kappa shape index (κ2) is 8.63. The van der Waals surface area contributed by atoms with E-state index in [0.717, 1.165) is 50.3 Å². The van der Waals surface area contributed by atoms with Crippen molar-refractivity contribution in [1.29, 1.82) is 0 Å². The van der Waals surface area contributed by atoms with Gasteiger partial charge in [-0.05, 0) is 44.7 Å². The summed E-state index contributed by atoms with van der Waals surface area (Å²) in [6.45, 7) is 7.25. The summed E-state index contributed by atoms with van der Waals surface area (Å²) in [4.78, 5) is 18.8. The van der Waals surface area contributed by atoms with Crippen LogP contribution < -0.4 is 10.2 Å². The van der Waals surface area contributed by atoms with E-state index in [-0.39, 0.29) is 24.2 Å². The number of carbonyl (C=O) groups excluding carboxylic acids is 1. The van der Waals surface area contributed by atoms with Gasteiger partial charge in [0.15, 0.2) is 0 Å². The van der Waals surface area contributed by atoms with Gasteiger partial charge in [-0.25, -0.2) is 4.98 Å². The Morgan fingerprint density at radius 1 is 1.32 bits per heavy atom. The number of anilines is 1. The SMILES string of the molecule is C[C@@H]1CN(c2ccc(CNC(=O)CC[C@@H]3CCCO3)cn2)C[C@@H](C)O1. The van der Waals surface area contributed by atoms with Gasteiger partial charge in [-0.1, -0.05) is 6.07 Å². The quantitative estimate of drug-likeness (QED) is 0.855. The molecule has 3 atom stereocenters. The van der Waals surface area contributed by atoms with Crippen LogP contribution in [0.5, 0.6) is 0 Å². The van der Waals surface area contributed by atoms with Crippen LogP contribution >= 0.6 is 0 Å². The molecule has 0 unspecified atom stereocenters. The first-order chi connectivity index (χ1) is 12.1. The number of nitrogens with one attached hydrogen (secondary N) is 1. The first-order valence-corrected chi connectivity index (χ1v) is 9.34. The highest BCUT2D eigenvalue weighted by Gasteiger charge is 2.23. The average Bonchev–Trinajstić information content (AvgIpc) is 3.11. The minimum atomic E-state index is 0.0791. The minimum absolute atomic E-state index is 0.0791. The third kappa shape index (κ3) is 5.41. The standard InChI is InChI=1S/C19H29N3O3/c1-14-12-22(13-15(2)25-14)18-7-5-16(10-20-18)11-21-19(23)8-6-17-4-3-9-24-17/h5,7,10,14-15,17H,3-4,6,8-9,11-13H2,1-2H3,(H,21,23)/t14-,15-,17+/m1/s1. The van der Waals surface area contributed by atoms with Crippen molar-refractivity contribution in [2.45, 2.75) is 64.4 Å². The van der Waals surface area contributed by atoms with Crippen molar-refractivity contribution in [1.82, 2.24) is 10.3 Å². The van der Waals surface area contributed by atoms with E-state index >= 15 is 0 Å². The first-order valence-electron chi connectivity index (χ1n) is 9.34. The number of rotatable bonds is 6. The molecule has 0 aromatic carbocycles. The number of morpholine rings is 1. The van der Waals surface area contributed by atoms with E-state index < -0.39 is 0 Å². The fourth-order valence-corrected chi connectivity index (χ4v) is 3.53. The van der Waals surface area contributed by atoms with Crippen molar-refractivity contribution >= 4 is 11.7 Å². The van der Waals surface area contributed by atoms with Gasteiger partial charge < -0.3 is 19.7 Å². The maximum atomic E-state index is 12.0.